The predicted molar refractivity (Wildman–Crippen MR) is 73.2 cm³/mol. The van der Waals surface area contributed by atoms with Crippen molar-refractivity contribution in [2.45, 2.75) is 6.42 Å². The van der Waals surface area contributed by atoms with Crippen LogP contribution in [0.15, 0.2) is 42.5 Å². The molecule has 0 radical (unpaired) electrons. The topological polar surface area (TPSA) is 37.3 Å². The van der Waals surface area contributed by atoms with Gasteiger partial charge in [-0.15, -0.1) is 0 Å². The van der Waals surface area contributed by atoms with Gasteiger partial charge in [-0.25, -0.2) is 0 Å². The lowest BCUT2D eigenvalue weighted by Gasteiger charge is -2.08. The first-order valence-corrected chi connectivity index (χ1v) is 6.08. The van der Waals surface area contributed by atoms with Crippen LogP contribution in [0.2, 0.25) is 10.0 Å². The van der Waals surface area contributed by atoms with Crippen LogP contribution in [0.3, 0.4) is 0 Å². The Morgan fingerprint density at radius 1 is 1.00 bits per heavy atom. The van der Waals surface area contributed by atoms with Crippen LogP contribution in [-0.4, -0.2) is 11.1 Å². The molecule has 0 fully saturated rings. The number of hydrogen-bond donors (Lipinski definition) is 1. The maximum absolute atomic E-state index is 10.7. The fraction of sp³-hybridized carbons (Fsp3) is 0.0714. The standard InChI is InChI=1S/C14H10Cl2O2/c15-12-4-2-1-3-10(12)11-7-9(8-14(17)18)5-6-13(11)16/h1-7H,8H2,(H,17,18). The Balaban J connectivity index is 2.50. The number of rotatable bonds is 3. The molecule has 0 saturated heterocycles. The Hall–Kier alpha value is -1.51. The number of aliphatic carboxylic acids is 1. The van der Waals surface area contributed by atoms with Crippen LogP contribution in [0.25, 0.3) is 11.1 Å². The molecule has 0 unspecified atom stereocenters. The number of hydrogen-bond acceptors (Lipinski definition) is 1. The van der Waals surface area contributed by atoms with Crippen LogP contribution >= 0.6 is 23.2 Å². The molecule has 0 spiro atoms. The predicted octanol–water partition coefficient (Wildman–Crippen LogP) is 4.29. The summed E-state index contributed by atoms with van der Waals surface area (Å²) in [5, 5.41) is 9.94. The van der Waals surface area contributed by atoms with Crippen molar-refractivity contribution >= 4 is 29.2 Å². The molecule has 2 aromatic rings. The number of carboxylic acid groups (broad SMARTS) is 1. The summed E-state index contributed by atoms with van der Waals surface area (Å²) in [6.07, 6.45) is -0.0331. The first-order valence-electron chi connectivity index (χ1n) is 5.33. The lowest BCUT2D eigenvalue weighted by atomic mass is 10.0. The van der Waals surface area contributed by atoms with Gasteiger partial charge < -0.3 is 5.11 Å². The minimum absolute atomic E-state index is 0.0331. The third-order valence-electron chi connectivity index (χ3n) is 2.55. The van der Waals surface area contributed by atoms with Crippen molar-refractivity contribution in [3.8, 4) is 11.1 Å². The van der Waals surface area contributed by atoms with Crippen LogP contribution in [0.4, 0.5) is 0 Å². The number of carbonyl (C=O) groups is 1. The largest absolute Gasteiger partial charge is 0.481 e. The van der Waals surface area contributed by atoms with E-state index in [4.69, 9.17) is 28.3 Å². The lowest BCUT2D eigenvalue weighted by Crippen LogP contribution is -2.00. The van der Waals surface area contributed by atoms with Crippen LogP contribution < -0.4 is 0 Å². The highest BCUT2D eigenvalue weighted by atomic mass is 35.5. The first-order chi connectivity index (χ1) is 8.58. The number of halogens is 2. The maximum Gasteiger partial charge on any atom is 0.307 e. The fourth-order valence-corrected chi connectivity index (χ4v) is 2.20. The number of benzene rings is 2. The molecule has 1 N–H and O–H groups in total. The molecule has 0 heterocycles. The Labute approximate surface area is 115 Å². The molecule has 0 atom stereocenters. The zero-order valence-electron chi connectivity index (χ0n) is 9.36. The summed E-state index contributed by atoms with van der Waals surface area (Å²) in [7, 11) is 0. The minimum Gasteiger partial charge on any atom is -0.481 e. The Bertz CT molecular complexity index is 594. The summed E-state index contributed by atoms with van der Waals surface area (Å²) < 4.78 is 0. The molecule has 0 bridgehead atoms. The van der Waals surface area contributed by atoms with E-state index in [0.29, 0.717) is 15.6 Å². The average Bonchev–Trinajstić information content (AvgIpc) is 2.32. The Morgan fingerprint density at radius 3 is 2.33 bits per heavy atom. The van der Waals surface area contributed by atoms with Gasteiger partial charge in [0.15, 0.2) is 0 Å². The van der Waals surface area contributed by atoms with Gasteiger partial charge in [0.25, 0.3) is 0 Å². The van der Waals surface area contributed by atoms with Gasteiger partial charge in [0.2, 0.25) is 0 Å². The summed E-state index contributed by atoms with van der Waals surface area (Å²) in [6, 6.07) is 12.5. The molecule has 0 aliphatic rings. The second-order valence-electron chi connectivity index (χ2n) is 3.86. The van der Waals surface area contributed by atoms with Crippen molar-refractivity contribution < 1.29 is 9.90 Å². The van der Waals surface area contributed by atoms with Gasteiger partial charge in [0.1, 0.15) is 0 Å². The SMILES string of the molecule is O=C(O)Cc1ccc(Cl)c(-c2ccccc2Cl)c1. The molecule has 0 saturated carbocycles. The second-order valence-corrected chi connectivity index (χ2v) is 4.68. The van der Waals surface area contributed by atoms with Gasteiger partial charge in [-0.1, -0.05) is 47.5 Å². The van der Waals surface area contributed by atoms with Crippen molar-refractivity contribution in [3.05, 3.63) is 58.1 Å². The van der Waals surface area contributed by atoms with Crippen molar-refractivity contribution in [3.63, 3.8) is 0 Å². The van der Waals surface area contributed by atoms with Crippen molar-refractivity contribution in [2.24, 2.45) is 0 Å². The molecule has 18 heavy (non-hydrogen) atoms. The van der Waals surface area contributed by atoms with E-state index in [-0.39, 0.29) is 6.42 Å². The Kier molecular flexibility index (Phi) is 3.90. The summed E-state index contributed by atoms with van der Waals surface area (Å²) in [4.78, 5) is 10.7. The smallest absolute Gasteiger partial charge is 0.307 e. The van der Waals surface area contributed by atoms with Crippen LogP contribution in [0.1, 0.15) is 5.56 Å². The molecule has 2 aromatic carbocycles. The van der Waals surface area contributed by atoms with Gasteiger partial charge in [-0.05, 0) is 23.8 Å². The Morgan fingerprint density at radius 2 is 1.67 bits per heavy atom. The summed E-state index contributed by atoms with van der Waals surface area (Å²) in [5.74, 6) is -0.873. The van der Waals surface area contributed by atoms with Gasteiger partial charge in [-0.3, -0.25) is 4.79 Å². The lowest BCUT2D eigenvalue weighted by molar-refractivity contribution is -0.136. The van der Waals surface area contributed by atoms with E-state index >= 15 is 0 Å². The summed E-state index contributed by atoms with van der Waals surface area (Å²) in [6.45, 7) is 0. The van der Waals surface area contributed by atoms with Crippen molar-refractivity contribution in [2.75, 3.05) is 0 Å². The van der Waals surface area contributed by atoms with Crippen molar-refractivity contribution in [1.29, 1.82) is 0 Å². The van der Waals surface area contributed by atoms with E-state index in [2.05, 4.69) is 0 Å². The van der Waals surface area contributed by atoms with E-state index < -0.39 is 5.97 Å². The third-order valence-corrected chi connectivity index (χ3v) is 3.21. The quantitative estimate of drug-likeness (QED) is 0.911. The zero-order valence-corrected chi connectivity index (χ0v) is 10.9. The van der Waals surface area contributed by atoms with E-state index in [0.717, 1.165) is 11.1 Å². The summed E-state index contributed by atoms with van der Waals surface area (Å²) >= 11 is 12.2. The van der Waals surface area contributed by atoms with Crippen LogP contribution in [-0.2, 0) is 11.2 Å². The molecule has 2 rings (SSSR count). The molecular weight excluding hydrogens is 271 g/mol. The van der Waals surface area contributed by atoms with Gasteiger partial charge in [0, 0.05) is 21.2 Å². The molecule has 0 aliphatic carbocycles. The molecule has 2 nitrogen and oxygen atoms in total. The van der Waals surface area contributed by atoms with E-state index in [1.807, 2.05) is 18.2 Å². The zero-order chi connectivity index (χ0) is 13.1. The van der Waals surface area contributed by atoms with Crippen LogP contribution in [0, 0.1) is 0 Å². The van der Waals surface area contributed by atoms with Crippen LogP contribution in [0.5, 0.6) is 0 Å². The molecule has 0 aliphatic heterocycles. The molecule has 0 amide bonds. The van der Waals surface area contributed by atoms with Crippen molar-refractivity contribution in [1.82, 2.24) is 0 Å². The molecule has 92 valence electrons. The van der Waals surface area contributed by atoms with E-state index in [1.54, 1.807) is 24.3 Å². The maximum atomic E-state index is 10.7. The minimum atomic E-state index is -0.873. The highest BCUT2D eigenvalue weighted by molar-refractivity contribution is 6.36. The molecular formula is C14H10Cl2O2. The monoisotopic (exact) mass is 280 g/mol. The van der Waals surface area contributed by atoms with Gasteiger partial charge >= 0.3 is 5.97 Å². The highest BCUT2D eigenvalue weighted by Crippen LogP contribution is 2.33. The average molecular weight is 281 g/mol. The van der Waals surface area contributed by atoms with Gasteiger partial charge in [0.05, 0.1) is 6.42 Å². The van der Waals surface area contributed by atoms with E-state index in [9.17, 15) is 4.79 Å². The van der Waals surface area contributed by atoms with Gasteiger partial charge in [-0.2, -0.15) is 0 Å². The highest BCUT2D eigenvalue weighted by Gasteiger charge is 2.09. The molecule has 4 heteroatoms. The second kappa shape index (κ2) is 5.42. The third kappa shape index (κ3) is 2.84. The molecule has 0 aromatic heterocycles. The first kappa shape index (κ1) is 12.9. The van der Waals surface area contributed by atoms with E-state index in [1.165, 1.54) is 0 Å². The number of carboxylic acids is 1. The summed E-state index contributed by atoms with van der Waals surface area (Å²) in [5.41, 5.74) is 2.25. The fourth-order valence-electron chi connectivity index (χ4n) is 1.74. The normalized spacial score (nSPS) is 10.3.